The minimum Gasteiger partial charge on any atom is -0.493 e. The Morgan fingerprint density at radius 1 is 0.783 bits per heavy atom. The zero-order valence-corrected chi connectivity index (χ0v) is 42.4. The number of hydrogen-bond donors (Lipinski definition) is 0. The van der Waals surface area contributed by atoms with E-state index in [1.54, 1.807) is 55.9 Å². The number of nitrogens with zero attached hydrogens (tertiary/aromatic N) is 3. The maximum Gasteiger partial charge on any atom is 0.310 e. The number of methoxy groups -OCH3 is 3. The van der Waals surface area contributed by atoms with E-state index < -0.39 is 25.7 Å². The Bertz CT molecular complexity index is 2330. The molecule has 2 aromatic heterocycles. The van der Waals surface area contributed by atoms with Gasteiger partial charge < -0.3 is 31.1 Å². The van der Waals surface area contributed by atoms with Gasteiger partial charge in [-0.1, -0.05) is 12.1 Å². The largest absolute Gasteiger partial charge is 0.493 e. The minimum absolute atomic E-state index is 0. The molecule has 0 saturated heterocycles. The predicted molar refractivity (Wildman–Crippen MR) is 234 cm³/mol. The molecule has 60 heavy (non-hydrogen) atoms. The molecule has 1 aliphatic heterocycles. The van der Waals surface area contributed by atoms with E-state index in [0.717, 1.165) is 26.3 Å². The first kappa shape index (κ1) is 52.6. The second kappa shape index (κ2) is 23.6. The number of amides is 1. The van der Waals surface area contributed by atoms with Gasteiger partial charge in [0.2, 0.25) is 5.91 Å². The van der Waals surface area contributed by atoms with Crippen molar-refractivity contribution in [2.24, 2.45) is 0 Å². The Kier molecular flexibility index (Phi) is 20.7. The van der Waals surface area contributed by atoms with Crippen LogP contribution >= 0.6 is 31.9 Å². The second-order valence-corrected chi connectivity index (χ2v) is 19.6. The molecule has 0 fully saturated rings. The zero-order chi connectivity index (χ0) is 42.8. The quantitative estimate of drug-likeness (QED) is 0.0806. The monoisotopic (exact) mass is 1170 g/mol. The van der Waals surface area contributed by atoms with Crippen molar-refractivity contribution in [1.82, 2.24) is 9.97 Å². The summed E-state index contributed by atoms with van der Waals surface area (Å²) >= 11 is 6.73. The van der Waals surface area contributed by atoms with Crippen molar-refractivity contribution in [3.05, 3.63) is 105 Å². The first-order valence-corrected chi connectivity index (χ1v) is 23.7. The maximum absolute atomic E-state index is 12.8. The van der Waals surface area contributed by atoms with Crippen LogP contribution in [0.1, 0.15) is 53.8 Å². The van der Waals surface area contributed by atoms with Crippen LogP contribution in [0.15, 0.2) is 69.9 Å². The molecule has 0 N–H and O–H groups in total. The molecule has 1 amide bonds. The summed E-state index contributed by atoms with van der Waals surface area (Å²) < 4.78 is 76.8. The fraction of sp³-hybridized carbons (Fsp3) is 0.390. The van der Waals surface area contributed by atoms with E-state index in [1.165, 1.54) is 25.4 Å². The SMILES string of the molecule is CCOc1cc(C(CS(C)(=O)=O)N2C(=O)Cc3cc(Br)cnc32)ccc1OC.CCOc1cc(C(Cc2ncc(Br)cc2CC(=O)OC)CS(C)(=O)=O)ccc1OC.[CH3-].[W]. The molecule has 0 bridgehead atoms. The molecule has 2 aromatic carbocycles. The van der Waals surface area contributed by atoms with E-state index in [1.807, 2.05) is 26.0 Å². The molecule has 5 rings (SSSR count). The molecule has 2 atom stereocenters. The van der Waals surface area contributed by atoms with Gasteiger partial charge in [-0.2, -0.15) is 0 Å². The number of fused-ring (bicyclic) bond motifs is 1. The Labute approximate surface area is 384 Å². The molecule has 14 nitrogen and oxygen atoms in total. The standard InChI is InChI=1S/C21H26BrNO6S.C19H21BrN2O5S.CH3.W/c1-5-29-20-10-14(6-7-19(20)27-2)16(13-30(4,25)26)9-18-15(11-21(24)28-3)8-17(22)12-23-18;1-4-27-17-8-12(5-6-16(17)26-2)15(11-28(3,24)25)22-18(23)9-13-7-14(20)10-21-19(13)22;;/h6-8,10,12,16H,5,9,11,13H2,1-4H3;5-8,10,15H,4,9,11H2,1-3H3;1H3;/q;;-1;. The number of hydrogen-bond acceptors (Lipinski definition) is 13. The van der Waals surface area contributed by atoms with Gasteiger partial charge in [0.15, 0.2) is 23.0 Å². The molecule has 1 aliphatic rings. The Balaban J connectivity index is 0.000000401. The van der Waals surface area contributed by atoms with Gasteiger partial charge in [-0.3, -0.25) is 19.5 Å². The Morgan fingerprint density at radius 2 is 1.32 bits per heavy atom. The van der Waals surface area contributed by atoms with E-state index in [-0.39, 0.29) is 70.6 Å². The average Bonchev–Trinajstić information content (AvgIpc) is 3.48. The molecular formula is C41H50Br2N3O11S2W-. The van der Waals surface area contributed by atoms with Crippen molar-refractivity contribution >= 4 is 69.2 Å². The van der Waals surface area contributed by atoms with Crippen LogP contribution in [-0.2, 0) is 74.3 Å². The Hall–Kier alpha value is -3.57. The van der Waals surface area contributed by atoms with Crippen LogP contribution in [0.4, 0.5) is 5.82 Å². The van der Waals surface area contributed by atoms with Crippen LogP contribution < -0.4 is 23.8 Å². The summed E-state index contributed by atoms with van der Waals surface area (Å²) in [6.45, 7) is 4.60. The van der Waals surface area contributed by atoms with Gasteiger partial charge in [0.05, 0.1) is 64.9 Å². The number of pyridine rings is 2. The maximum atomic E-state index is 12.8. The number of carbonyl (C=O) groups is 2. The third-order valence-corrected chi connectivity index (χ3v) is 11.7. The van der Waals surface area contributed by atoms with Crippen molar-refractivity contribution in [3.8, 4) is 23.0 Å². The third-order valence-electron chi connectivity index (χ3n) is 8.88. The average molecular weight is 1170 g/mol. The molecule has 0 radical (unpaired) electrons. The first-order valence-electron chi connectivity index (χ1n) is 18.0. The van der Waals surface area contributed by atoms with Crippen molar-refractivity contribution in [3.63, 3.8) is 0 Å². The van der Waals surface area contributed by atoms with Gasteiger partial charge in [0, 0.05) is 72.1 Å². The molecule has 0 saturated carbocycles. The number of ether oxygens (including phenoxy) is 5. The molecular weight excluding hydrogens is 1120 g/mol. The third kappa shape index (κ3) is 14.8. The fourth-order valence-electron chi connectivity index (χ4n) is 6.45. The van der Waals surface area contributed by atoms with Crippen molar-refractivity contribution in [2.75, 3.05) is 63.5 Å². The molecule has 2 unspecified atom stereocenters. The summed E-state index contributed by atoms with van der Waals surface area (Å²) in [5.74, 6) is 1.39. The zero-order valence-electron chi connectivity index (χ0n) is 34.7. The number of esters is 1. The van der Waals surface area contributed by atoms with Crippen LogP contribution in [0.25, 0.3) is 0 Å². The topological polar surface area (TPSA) is 178 Å². The summed E-state index contributed by atoms with van der Waals surface area (Å²) in [5.41, 5.74) is 3.52. The normalized spacial score (nSPS) is 13.0. The summed E-state index contributed by atoms with van der Waals surface area (Å²) in [7, 11) is -2.26. The smallest absolute Gasteiger partial charge is 0.310 e. The van der Waals surface area contributed by atoms with E-state index in [9.17, 15) is 26.4 Å². The van der Waals surface area contributed by atoms with Gasteiger partial charge in [0.25, 0.3) is 0 Å². The summed E-state index contributed by atoms with van der Waals surface area (Å²) in [6.07, 6.45) is 6.16. The predicted octanol–water partition coefficient (Wildman–Crippen LogP) is 6.71. The first-order chi connectivity index (χ1) is 27.4. The van der Waals surface area contributed by atoms with Crippen LogP contribution in [-0.4, -0.2) is 97.2 Å². The Morgan fingerprint density at radius 3 is 1.85 bits per heavy atom. The molecule has 0 aliphatic carbocycles. The summed E-state index contributed by atoms with van der Waals surface area (Å²) in [4.78, 5) is 34.9. The summed E-state index contributed by atoms with van der Waals surface area (Å²) in [6, 6.07) is 13.5. The van der Waals surface area contributed by atoms with Crippen molar-refractivity contribution in [1.29, 1.82) is 0 Å². The molecule has 3 heterocycles. The van der Waals surface area contributed by atoms with Crippen LogP contribution in [0.3, 0.4) is 0 Å². The number of halogens is 2. The molecule has 19 heteroatoms. The van der Waals surface area contributed by atoms with E-state index in [4.69, 9.17) is 23.7 Å². The van der Waals surface area contributed by atoms with Crippen LogP contribution in [0.2, 0.25) is 0 Å². The van der Waals surface area contributed by atoms with Crippen LogP contribution in [0, 0.1) is 7.43 Å². The van der Waals surface area contributed by atoms with Crippen molar-refractivity contribution < 1.29 is 71.2 Å². The fourth-order valence-corrected chi connectivity index (χ4v) is 9.16. The van der Waals surface area contributed by atoms with Gasteiger partial charge in [-0.15, -0.1) is 0 Å². The van der Waals surface area contributed by atoms with E-state index in [0.29, 0.717) is 65.3 Å². The second-order valence-electron chi connectivity index (χ2n) is 13.4. The number of rotatable bonds is 17. The minimum atomic E-state index is -3.39. The number of sulfone groups is 2. The summed E-state index contributed by atoms with van der Waals surface area (Å²) in [5, 5.41) is 0. The van der Waals surface area contributed by atoms with Gasteiger partial charge in [-0.05, 0) is 105 Å². The molecule has 328 valence electrons. The van der Waals surface area contributed by atoms with Crippen molar-refractivity contribution in [2.45, 2.75) is 45.1 Å². The van der Waals surface area contributed by atoms with Gasteiger partial charge in [0.1, 0.15) is 25.5 Å². The number of carbonyl (C=O) groups excluding carboxylic acids is 2. The number of anilines is 1. The van der Waals surface area contributed by atoms with Gasteiger partial charge >= 0.3 is 5.97 Å². The van der Waals surface area contributed by atoms with Gasteiger partial charge in [-0.25, -0.2) is 21.8 Å². The molecule has 0 spiro atoms. The number of benzene rings is 2. The number of aromatic nitrogens is 2. The van der Waals surface area contributed by atoms with E-state index >= 15 is 0 Å². The van der Waals surface area contributed by atoms with Crippen LogP contribution in [0.5, 0.6) is 23.0 Å². The molecule has 4 aromatic rings. The van der Waals surface area contributed by atoms with E-state index in [2.05, 4.69) is 41.8 Å².